The molecule has 0 aromatic heterocycles. The van der Waals surface area contributed by atoms with Gasteiger partial charge in [-0.3, -0.25) is 9.59 Å². The van der Waals surface area contributed by atoms with Gasteiger partial charge < -0.3 is 10.0 Å². The van der Waals surface area contributed by atoms with Crippen LogP contribution in [0.1, 0.15) is 44.9 Å². The summed E-state index contributed by atoms with van der Waals surface area (Å²) in [6, 6.07) is 0. The normalized spacial score (nSPS) is 35.4. The molecule has 0 spiro atoms. The fourth-order valence-corrected chi connectivity index (χ4v) is 3.98. The van der Waals surface area contributed by atoms with Crippen LogP contribution in [-0.2, 0) is 9.59 Å². The average Bonchev–Trinajstić information content (AvgIpc) is 3.06. The summed E-state index contributed by atoms with van der Waals surface area (Å²) < 4.78 is 0. The molecular weight excluding hydrogens is 242 g/mol. The molecule has 1 saturated heterocycles. The second kappa shape index (κ2) is 5.14. The molecule has 1 N–H and O–H groups in total. The number of nitrogens with zero attached hydrogens (tertiary/aromatic N) is 1. The number of carboxylic acids is 1. The van der Waals surface area contributed by atoms with Gasteiger partial charge in [0.25, 0.3) is 0 Å². The lowest BCUT2D eigenvalue weighted by molar-refractivity contribution is -0.141. The zero-order chi connectivity index (χ0) is 13.4. The fourth-order valence-electron chi connectivity index (χ4n) is 3.98. The predicted molar refractivity (Wildman–Crippen MR) is 70.5 cm³/mol. The first-order valence-corrected chi connectivity index (χ1v) is 7.68. The minimum Gasteiger partial charge on any atom is -0.481 e. The van der Waals surface area contributed by atoms with Crippen molar-refractivity contribution >= 4 is 11.9 Å². The highest BCUT2D eigenvalue weighted by atomic mass is 16.4. The summed E-state index contributed by atoms with van der Waals surface area (Å²) in [6.45, 7) is 1.08. The van der Waals surface area contributed by atoms with Crippen molar-refractivity contribution in [2.75, 3.05) is 13.1 Å². The lowest BCUT2D eigenvalue weighted by Crippen LogP contribution is -2.32. The smallest absolute Gasteiger partial charge is 0.308 e. The van der Waals surface area contributed by atoms with E-state index in [0.717, 1.165) is 12.3 Å². The van der Waals surface area contributed by atoms with Crippen molar-refractivity contribution in [1.82, 2.24) is 4.90 Å². The Labute approximate surface area is 114 Å². The van der Waals surface area contributed by atoms with E-state index < -0.39 is 5.97 Å². The minimum absolute atomic E-state index is 0.218. The molecule has 2 saturated carbocycles. The minimum atomic E-state index is -0.755. The third kappa shape index (κ3) is 2.63. The maximum atomic E-state index is 12.4. The topological polar surface area (TPSA) is 57.6 Å². The highest BCUT2D eigenvalue weighted by molar-refractivity contribution is 5.83. The first-order chi connectivity index (χ1) is 9.16. The van der Waals surface area contributed by atoms with Crippen LogP contribution in [0.4, 0.5) is 0 Å². The van der Waals surface area contributed by atoms with E-state index in [1.165, 1.54) is 32.1 Å². The van der Waals surface area contributed by atoms with E-state index in [0.29, 0.717) is 25.4 Å². The molecule has 1 aliphatic heterocycles. The quantitative estimate of drug-likeness (QED) is 0.850. The van der Waals surface area contributed by atoms with Crippen LogP contribution in [0.25, 0.3) is 0 Å². The number of hydrogen-bond donors (Lipinski definition) is 1. The van der Waals surface area contributed by atoms with Crippen LogP contribution >= 0.6 is 0 Å². The molecular formula is C15H23NO3. The van der Waals surface area contributed by atoms with Crippen molar-refractivity contribution in [2.45, 2.75) is 44.9 Å². The van der Waals surface area contributed by atoms with E-state index >= 15 is 0 Å². The van der Waals surface area contributed by atoms with Crippen molar-refractivity contribution in [1.29, 1.82) is 0 Å². The molecule has 3 fully saturated rings. The number of carbonyl (C=O) groups is 2. The molecule has 2 aliphatic carbocycles. The Morgan fingerprint density at radius 2 is 1.79 bits per heavy atom. The largest absolute Gasteiger partial charge is 0.481 e. The van der Waals surface area contributed by atoms with Gasteiger partial charge >= 0.3 is 5.97 Å². The van der Waals surface area contributed by atoms with Crippen molar-refractivity contribution < 1.29 is 14.7 Å². The summed E-state index contributed by atoms with van der Waals surface area (Å²) >= 11 is 0. The number of carboxylic acid groups (broad SMARTS) is 1. The van der Waals surface area contributed by atoms with E-state index in [1.807, 2.05) is 0 Å². The Kier molecular flexibility index (Phi) is 3.50. The summed E-state index contributed by atoms with van der Waals surface area (Å²) in [4.78, 5) is 25.1. The third-order valence-corrected chi connectivity index (χ3v) is 5.26. The van der Waals surface area contributed by atoms with Crippen LogP contribution in [0.2, 0.25) is 0 Å². The van der Waals surface area contributed by atoms with Gasteiger partial charge in [-0.15, -0.1) is 0 Å². The van der Waals surface area contributed by atoms with Crippen LogP contribution < -0.4 is 0 Å². The van der Waals surface area contributed by atoms with Crippen LogP contribution in [0.3, 0.4) is 0 Å². The van der Waals surface area contributed by atoms with Gasteiger partial charge in [0.1, 0.15) is 0 Å². The van der Waals surface area contributed by atoms with E-state index in [2.05, 4.69) is 0 Å². The molecule has 3 unspecified atom stereocenters. The number of amides is 1. The first-order valence-electron chi connectivity index (χ1n) is 7.68. The zero-order valence-corrected chi connectivity index (χ0v) is 11.4. The van der Waals surface area contributed by atoms with Gasteiger partial charge in [0, 0.05) is 19.0 Å². The van der Waals surface area contributed by atoms with Crippen molar-refractivity contribution in [2.24, 2.45) is 23.7 Å². The van der Waals surface area contributed by atoms with Crippen molar-refractivity contribution in [3.8, 4) is 0 Å². The lowest BCUT2D eigenvalue weighted by Gasteiger charge is -2.22. The van der Waals surface area contributed by atoms with Crippen LogP contribution in [0, 0.1) is 23.7 Å². The lowest BCUT2D eigenvalue weighted by atomic mass is 9.85. The van der Waals surface area contributed by atoms with Gasteiger partial charge in [-0.25, -0.2) is 0 Å². The van der Waals surface area contributed by atoms with Crippen LogP contribution in [-0.4, -0.2) is 35.0 Å². The maximum Gasteiger partial charge on any atom is 0.308 e. The number of carbonyl (C=O) groups excluding carboxylic acids is 1. The summed E-state index contributed by atoms with van der Waals surface area (Å²) in [5.41, 5.74) is 0. The Balaban J connectivity index is 1.51. The second-order valence-corrected chi connectivity index (χ2v) is 6.51. The SMILES string of the molecule is O=C(O)C1CCN(C(=O)C2CC2C2CCCCC2)C1. The molecule has 1 amide bonds. The number of rotatable bonds is 3. The van der Waals surface area contributed by atoms with Gasteiger partial charge in [-0.05, 0) is 24.7 Å². The molecule has 19 heavy (non-hydrogen) atoms. The summed E-state index contributed by atoms with van der Waals surface area (Å²) in [7, 11) is 0. The monoisotopic (exact) mass is 265 g/mol. The molecule has 0 aromatic rings. The predicted octanol–water partition coefficient (Wildman–Crippen LogP) is 2.14. The average molecular weight is 265 g/mol. The Morgan fingerprint density at radius 3 is 2.42 bits per heavy atom. The summed E-state index contributed by atoms with van der Waals surface area (Å²) in [5.74, 6) is 0.734. The van der Waals surface area contributed by atoms with Crippen molar-refractivity contribution in [3.05, 3.63) is 0 Å². The summed E-state index contributed by atoms with van der Waals surface area (Å²) in [5, 5.41) is 8.98. The Bertz CT molecular complexity index is 376. The molecule has 1 heterocycles. The second-order valence-electron chi connectivity index (χ2n) is 6.51. The first kappa shape index (κ1) is 12.9. The molecule has 106 valence electrons. The standard InChI is InChI=1S/C15H23NO3/c17-14(16-7-6-11(9-16)15(18)19)13-8-12(13)10-4-2-1-3-5-10/h10-13H,1-9H2,(H,18,19). The van der Waals surface area contributed by atoms with Gasteiger partial charge in [0.05, 0.1) is 5.92 Å². The highest BCUT2D eigenvalue weighted by Gasteiger charge is 2.49. The molecule has 0 radical (unpaired) electrons. The van der Waals surface area contributed by atoms with Gasteiger partial charge in [-0.2, -0.15) is 0 Å². The molecule has 3 rings (SSSR count). The van der Waals surface area contributed by atoms with Crippen molar-refractivity contribution in [3.63, 3.8) is 0 Å². The Hall–Kier alpha value is -1.06. The van der Waals surface area contributed by atoms with Gasteiger partial charge in [0.15, 0.2) is 0 Å². The van der Waals surface area contributed by atoms with Crippen LogP contribution in [0.15, 0.2) is 0 Å². The molecule has 4 heteroatoms. The number of hydrogen-bond acceptors (Lipinski definition) is 2. The van der Waals surface area contributed by atoms with E-state index in [4.69, 9.17) is 5.11 Å². The van der Waals surface area contributed by atoms with E-state index in [9.17, 15) is 9.59 Å². The maximum absolute atomic E-state index is 12.4. The highest BCUT2D eigenvalue weighted by Crippen LogP contribution is 2.50. The molecule has 0 bridgehead atoms. The molecule has 4 nitrogen and oxygen atoms in total. The van der Waals surface area contributed by atoms with E-state index in [-0.39, 0.29) is 17.7 Å². The van der Waals surface area contributed by atoms with E-state index in [1.54, 1.807) is 4.90 Å². The number of aliphatic carboxylic acids is 1. The zero-order valence-electron chi connectivity index (χ0n) is 11.4. The molecule has 3 aliphatic rings. The third-order valence-electron chi connectivity index (χ3n) is 5.26. The fraction of sp³-hybridized carbons (Fsp3) is 0.867. The Morgan fingerprint density at radius 1 is 1.05 bits per heavy atom. The van der Waals surface area contributed by atoms with Crippen LogP contribution in [0.5, 0.6) is 0 Å². The molecule has 0 aromatic carbocycles. The number of likely N-dealkylation sites (tertiary alicyclic amines) is 1. The summed E-state index contributed by atoms with van der Waals surface area (Å²) in [6.07, 6.45) is 8.28. The molecule has 3 atom stereocenters. The van der Waals surface area contributed by atoms with Gasteiger partial charge in [0.2, 0.25) is 5.91 Å². The van der Waals surface area contributed by atoms with Gasteiger partial charge in [-0.1, -0.05) is 32.1 Å².